The quantitative estimate of drug-likeness (QED) is 0.863. The van der Waals surface area contributed by atoms with Crippen LogP contribution in [0.15, 0.2) is 24.3 Å². The van der Waals surface area contributed by atoms with Gasteiger partial charge in [-0.05, 0) is 31.4 Å². The van der Waals surface area contributed by atoms with Gasteiger partial charge in [-0.2, -0.15) is 0 Å². The average Bonchev–Trinajstić information content (AvgIpc) is 2.37. The Balaban J connectivity index is 1.72. The van der Waals surface area contributed by atoms with Gasteiger partial charge in [-0.3, -0.25) is 0 Å². The Morgan fingerprint density at radius 3 is 2.84 bits per heavy atom. The summed E-state index contributed by atoms with van der Waals surface area (Å²) >= 11 is 5.07. The van der Waals surface area contributed by atoms with Crippen molar-refractivity contribution in [3.63, 3.8) is 0 Å². The molecule has 0 radical (unpaired) electrons. The zero-order valence-corrected chi connectivity index (χ0v) is 11.7. The molecule has 1 heterocycles. The first-order chi connectivity index (χ1) is 9.19. The number of thiocarbonyl (C=S) groups is 1. The predicted octanol–water partition coefficient (Wildman–Crippen LogP) is 2.80. The lowest BCUT2D eigenvalue weighted by atomic mass is 9.74. The van der Waals surface area contributed by atoms with E-state index in [2.05, 4.69) is 0 Å². The number of benzene rings is 1. The van der Waals surface area contributed by atoms with Gasteiger partial charge in [0.25, 0.3) is 0 Å². The molecule has 1 unspecified atom stereocenters. The van der Waals surface area contributed by atoms with E-state index in [4.69, 9.17) is 27.4 Å². The van der Waals surface area contributed by atoms with Crippen LogP contribution in [0.1, 0.15) is 37.7 Å². The van der Waals surface area contributed by atoms with E-state index in [1.54, 1.807) is 0 Å². The van der Waals surface area contributed by atoms with Crippen molar-refractivity contribution >= 4 is 17.2 Å². The Bertz CT molecular complexity index is 485. The van der Waals surface area contributed by atoms with Crippen molar-refractivity contribution in [2.75, 3.05) is 6.61 Å². The first kappa shape index (κ1) is 12.9. The van der Waals surface area contributed by atoms with Crippen LogP contribution in [0.2, 0.25) is 0 Å². The molecule has 0 aromatic heterocycles. The van der Waals surface area contributed by atoms with Crippen LogP contribution in [-0.4, -0.2) is 23.3 Å². The van der Waals surface area contributed by atoms with E-state index in [-0.39, 0.29) is 11.7 Å². The molecular formula is C15H19NO2S. The van der Waals surface area contributed by atoms with Crippen LogP contribution >= 0.6 is 12.2 Å². The summed E-state index contributed by atoms with van der Waals surface area (Å²) in [5.74, 6) is 0.802. The molecule has 1 aromatic rings. The molecule has 0 bridgehead atoms. The van der Waals surface area contributed by atoms with Gasteiger partial charge < -0.3 is 15.2 Å². The van der Waals surface area contributed by atoms with Gasteiger partial charge in [0, 0.05) is 12.8 Å². The van der Waals surface area contributed by atoms with Gasteiger partial charge in [-0.25, -0.2) is 0 Å². The lowest BCUT2D eigenvalue weighted by Gasteiger charge is -2.47. The highest BCUT2D eigenvalue weighted by Gasteiger charge is 2.43. The number of rotatable bonds is 3. The number of hydrogen-bond acceptors (Lipinski definition) is 3. The van der Waals surface area contributed by atoms with Crippen LogP contribution in [0.4, 0.5) is 0 Å². The highest BCUT2D eigenvalue weighted by molar-refractivity contribution is 7.80. The smallest absolute Gasteiger partial charge is 0.129 e. The van der Waals surface area contributed by atoms with E-state index in [0.717, 1.165) is 30.8 Å². The van der Waals surface area contributed by atoms with E-state index in [0.29, 0.717) is 4.99 Å². The lowest BCUT2D eigenvalue weighted by molar-refractivity contribution is -0.153. The topological polar surface area (TPSA) is 44.5 Å². The second-order valence-corrected chi connectivity index (χ2v) is 5.92. The highest BCUT2D eigenvalue weighted by atomic mass is 32.1. The lowest BCUT2D eigenvalue weighted by Crippen LogP contribution is -2.48. The van der Waals surface area contributed by atoms with Crippen molar-refractivity contribution in [1.82, 2.24) is 0 Å². The monoisotopic (exact) mass is 277 g/mol. The molecule has 19 heavy (non-hydrogen) atoms. The van der Waals surface area contributed by atoms with E-state index >= 15 is 0 Å². The first-order valence-corrected chi connectivity index (χ1v) is 7.29. The van der Waals surface area contributed by atoms with E-state index in [1.165, 1.54) is 19.3 Å². The largest absolute Gasteiger partial charge is 0.489 e. The summed E-state index contributed by atoms with van der Waals surface area (Å²) in [6, 6.07) is 7.74. The molecule has 102 valence electrons. The minimum atomic E-state index is 0.0983. The minimum Gasteiger partial charge on any atom is -0.489 e. The molecule has 3 nitrogen and oxygen atoms in total. The first-order valence-electron chi connectivity index (χ1n) is 6.88. The van der Waals surface area contributed by atoms with Crippen molar-refractivity contribution < 1.29 is 9.47 Å². The molecule has 2 N–H and O–H groups in total. The second kappa shape index (κ2) is 5.10. The fourth-order valence-corrected chi connectivity index (χ4v) is 3.12. The molecule has 1 saturated carbocycles. The normalized spacial score (nSPS) is 24.7. The summed E-state index contributed by atoms with van der Waals surface area (Å²) in [6.07, 6.45) is 5.75. The van der Waals surface area contributed by atoms with Crippen LogP contribution in [0.25, 0.3) is 0 Å². The van der Waals surface area contributed by atoms with E-state index < -0.39 is 0 Å². The maximum atomic E-state index is 6.13. The number of ether oxygens (including phenoxy) is 2. The SMILES string of the molecule is NC(=S)c1ccccc1OC1CCOC2(CCC2)C1. The molecule has 4 heteroatoms. The Labute approximate surface area is 119 Å². The van der Waals surface area contributed by atoms with Crippen molar-refractivity contribution in [3.05, 3.63) is 29.8 Å². The third-order valence-corrected chi connectivity index (χ3v) is 4.38. The predicted molar refractivity (Wildman–Crippen MR) is 78.5 cm³/mol. The molecule has 2 fully saturated rings. The molecule has 2 aliphatic rings. The number of para-hydroxylation sites is 1. The van der Waals surface area contributed by atoms with Crippen LogP contribution in [0, 0.1) is 0 Å². The Morgan fingerprint density at radius 1 is 1.37 bits per heavy atom. The molecule has 1 saturated heterocycles. The van der Waals surface area contributed by atoms with E-state index in [9.17, 15) is 0 Å². The number of hydrogen-bond donors (Lipinski definition) is 1. The molecule has 0 amide bonds. The fourth-order valence-electron chi connectivity index (χ4n) is 2.96. The zero-order valence-electron chi connectivity index (χ0n) is 10.9. The van der Waals surface area contributed by atoms with Gasteiger partial charge in [0.1, 0.15) is 16.8 Å². The Morgan fingerprint density at radius 2 is 2.16 bits per heavy atom. The van der Waals surface area contributed by atoms with Crippen molar-refractivity contribution in [2.24, 2.45) is 5.73 Å². The number of nitrogens with two attached hydrogens (primary N) is 1. The molecule has 1 aliphatic heterocycles. The molecule has 3 rings (SSSR count). The summed E-state index contributed by atoms with van der Waals surface area (Å²) in [7, 11) is 0. The highest BCUT2D eigenvalue weighted by Crippen LogP contribution is 2.43. The Kier molecular flexibility index (Phi) is 3.46. The molecule has 1 spiro atoms. The van der Waals surface area contributed by atoms with Crippen LogP contribution in [0.3, 0.4) is 0 Å². The molecule has 1 atom stereocenters. The third-order valence-electron chi connectivity index (χ3n) is 4.16. The molecule has 1 aliphatic carbocycles. The average molecular weight is 277 g/mol. The second-order valence-electron chi connectivity index (χ2n) is 5.48. The van der Waals surface area contributed by atoms with E-state index in [1.807, 2.05) is 24.3 Å². The van der Waals surface area contributed by atoms with Gasteiger partial charge in [0.15, 0.2) is 0 Å². The minimum absolute atomic E-state index is 0.0983. The Hall–Kier alpha value is -1.13. The molecular weight excluding hydrogens is 258 g/mol. The zero-order chi connectivity index (χ0) is 13.3. The maximum Gasteiger partial charge on any atom is 0.129 e. The van der Waals surface area contributed by atoms with Gasteiger partial charge >= 0.3 is 0 Å². The summed E-state index contributed by atoms with van der Waals surface area (Å²) in [5.41, 5.74) is 6.66. The van der Waals surface area contributed by atoms with Crippen molar-refractivity contribution in [3.8, 4) is 5.75 Å². The maximum absolute atomic E-state index is 6.13. The van der Waals surface area contributed by atoms with Gasteiger partial charge in [0.05, 0.1) is 17.8 Å². The van der Waals surface area contributed by atoms with Gasteiger partial charge in [-0.1, -0.05) is 24.4 Å². The van der Waals surface area contributed by atoms with Crippen LogP contribution in [0.5, 0.6) is 5.75 Å². The third kappa shape index (κ3) is 2.60. The van der Waals surface area contributed by atoms with Crippen molar-refractivity contribution in [2.45, 2.75) is 43.8 Å². The summed E-state index contributed by atoms with van der Waals surface area (Å²) in [5, 5.41) is 0. The summed E-state index contributed by atoms with van der Waals surface area (Å²) in [6.45, 7) is 0.792. The van der Waals surface area contributed by atoms with Crippen LogP contribution < -0.4 is 10.5 Å². The fraction of sp³-hybridized carbons (Fsp3) is 0.533. The summed E-state index contributed by atoms with van der Waals surface area (Å²) < 4.78 is 12.0. The molecule has 1 aromatic carbocycles. The van der Waals surface area contributed by atoms with Gasteiger partial charge in [0.2, 0.25) is 0 Å². The van der Waals surface area contributed by atoms with Gasteiger partial charge in [-0.15, -0.1) is 0 Å². The van der Waals surface area contributed by atoms with Crippen LogP contribution in [-0.2, 0) is 4.74 Å². The van der Waals surface area contributed by atoms with Crippen molar-refractivity contribution in [1.29, 1.82) is 0 Å². The summed E-state index contributed by atoms with van der Waals surface area (Å²) in [4.78, 5) is 0.390. The standard InChI is InChI=1S/C15H19NO2S/c16-14(19)12-4-1-2-5-13(12)18-11-6-9-17-15(10-11)7-3-8-15/h1-2,4-5,11H,3,6-10H2,(H2,16,19).